The van der Waals surface area contributed by atoms with Crippen molar-refractivity contribution >= 4 is 16.8 Å². The number of rotatable bonds is 2. The molecule has 0 saturated carbocycles. The predicted molar refractivity (Wildman–Crippen MR) is 66.4 cm³/mol. The molecule has 0 radical (unpaired) electrons. The van der Waals surface area contributed by atoms with Gasteiger partial charge in [-0.25, -0.2) is 4.98 Å². The van der Waals surface area contributed by atoms with Crippen LogP contribution in [0, 0.1) is 19.8 Å². The van der Waals surface area contributed by atoms with E-state index < -0.39 is 0 Å². The lowest BCUT2D eigenvalue weighted by atomic mass is 10.1. The second-order valence-corrected chi connectivity index (χ2v) is 4.79. The Balaban J connectivity index is 2.60. The van der Waals surface area contributed by atoms with E-state index in [1.807, 2.05) is 19.9 Å². The Bertz CT molecular complexity index is 526. The van der Waals surface area contributed by atoms with Crippen LogP contribution in [0.25, 0.3) is 11.1 Å². The van der Waals surface area contributed by atoms with Crippen LogP contribution in [-0.2, 0) is 6.42 Å². The van der Waals surface area contributed by atoms with Crippen molar-refractivity contribution in [3.63, 3.8) is 0 Å². The maximum Gasteiger partial charge on any atom is 0.195 e. The highest BCUT2D eigenvalue weighted by atomic mass is 16.3. The second-order valence-electron chi connectivity index (χ2n) is 4.79. The first-order valence-corrected chi connectivity index (χ1v) is 5.64. The molecule has 0 saturated heterocycles. The van der Waals surface area contributed by atoms with E-state index in [2.05, 4.69) is 18.8 Å². The third kappa shape index (κ3) is 1.77. The first kappa shape index (κ1) is 11.0. The summed E-state index contributed by atoms with van der Waals surface area (Å²) in [6.07, 6.45) is 0.869. The summed E-state index contributed by atoms with van der Waals surface area (Å²) in [5.41, 5.74) is 10.6. The first-order valence-electron chi connectivity index (χ1n) is 5.64. The van der Waals surface area contributed by atoms with Gasteiger partial charge >= 0.3 is 0 Å². The van der Waals surface area contributed by atoms with Gasteiger partial charge in [-0.3, -0.25) is 0 Å². The summed E-state index contributed by atoms with van der Waals surface area (Å²) >= 11 is 0. The standard InChI is InChI=1S/C13H18N2O/c1-7(2)5-11-15-12-9(4)10(14)6-8(3)13(12)16-11/h6-7H,5,14H2,1-4H3. The zero-order valence-corrected chi connectivity index (χ0v) is 10.3. The van der Waals surface area contributed by atoms with Crippen LogP contribution < -0.4 is 5.73 Å². The first-order chi connectivity index (χ1) is 7.49. The molecule has 2 N–H and O–H groups in total. The van der Waals surface area contributed by atoms with Crippen LogP contribution in [0.1, 0.15) is 30.9 Å². The minimum Gasteiger partial charge on any atom is -0.440 e. The van der Waals surface area contributed by atoms with Crippen molar-refractivity contribution in [3.8, 4) is 0 Å². The molecule has 0 unspecified atom stereocenters. The van der Waals surface area contributed by atoms with Crippen LogP contribution in [0.3, 0.4) is 0 Å². The molecule has 3 nitrogen and oxygen atoms in total. The number of aromatic nitrogens is 1. The largest absolute Gasteiger partial charge is 0.440 e. The predicted octanol–water partition coefficient (Wildman–Crippen LogP) is 3.23. The Morgan fingerprint density at radius 3 is 2.69 bits per heavy atom. The average molecular weight is 218 g/mol. The molecule has 1 heterocycles. The van der Waals surface area contributed by atoms with Crippen molar-refractivity contribution < 1.29 is 4.42 Å². The van der Waals surface area contributed by atoms with Crippen molar-refractivity contribution in [2.45, 2.75) is 34.1 Å². The topological polar surface area (TPSA) is 52.0 Å². The van der Waals surface area contributed by atoms with Crippen molar-refractivity contribution in [2.75, 3.05) is 5.73 Å². The fourth-order valence-electron chi connectivity index (χ4n) is 1.87. The van der Waals surface area contributed by atoms with Gasteiger partial charge < -0.3 is 10.2 Å². The lowest BCUT2D eigenvalue weighted by Gasteiger charge is -2.01. The van der Waals surface area contributed by atoms with Crippen LogP contribution in [-0.4, -0.2) is 4.98 Å². The monoisotopic (exact) mass is 218 g/mol. The van der Waals surface area contributed by atoms with Gasteiger partial charge in [0.15, 0.2) is 11.5 Å². The SMILES string of the molecule is Cc1c(N)cc(C)c2oc(CC(C)C)nc12. The zero-order chi connectivity index (χ0) is 11.9. The van der Waals surface area contributed by atoms with Gasteiger partial charge in [0.1, 0.15) is 5.52 Å². The highest BCUT2D eigenvalue weighted by molar-refractivity contribution is 5.84. The van der Waals surface area contributed by atoms with E-state index in [0.717, 1.165) is 40.2 Å². The number of anilines is 1. The average Bonchev–Trinajstić information content (AvgIpc) is 2.58. The quantitative estimate of drug-likeness (QED) is 0.787. The lowest BCUT2D eigenvalue weighted by Crippen LogP contribution is -1.94. The van der Waals surface area contributed by atoms with Crippen molar-refractivity contribution in [1.82, 2.24) is 4.98 Å². The molecule has 0 atom stereocenters. The van der Waals surface area contributed by atoms with Gasteiger partial charge in [0.25, 0.3) is 0 Å². The molecule has 3 heteroatoms. The van der Waals surface area contributed by atoms with Crippen LogP contribution in [0.4, 0.5) is 5.69 Å². The molecule has 0 fully saturated rings. The molecular formula is C13H18N2O. The molecule has 0 amide bonds. The van der Waals surface area contributed by atoms with E-state index in [-0.39, 0.29) is 0 Å². The summed E-state index contributed by atoms with van der Waals surface area (Å²) in [6, 6.07) is 1.95. The van der Waals surface area contributed by atoms with Gasteiger partial charge in [0, 0.05) is 17.7 Å². The molecule has 0 aliphatic rings. The summed E-state index contributed by atoms with van der Waals surface area (Å²) in [6.45, 7) is 8.30. The fourth-order valence-corrected chi connectivity index (χ4v) is 1.87. The van der Waals surface area contributed by atoms with Gasteiger partial charge in [-0.2, -0.15) is 0 Å². The van der Waals surface area contributed by atoms with Gasteiger partial charge in [0.2, 0.25) is 0 Å². The Labute approximate surface area is 95.7 Å². The number of nitrogen functional groups attached to an aromatic ring is 1. The van der Waals surface area contributed by atoms with Gasteiger partial charge in [0.05, 0.1) is 0 Å². The highest BCUT2D eigenvalue weighted by Crippen LogP contribution is 2.28. The molecule has 2 rings (SSSR count). The lowest BCUT2D eigenvalue weighted by molar-refractivity contribution is 0.481. The van der Waals surface area contributed by atoms with E-state index >= 15 is 0 Å². The molecule has 86 valence electrons. The number of hydrogen-bond acceptors (Lipinski definition) is 3. The van der Waals surface area contributed by atoms with E-state index in [4.69, 9.17) is 10.2 Å². The van der Waals surface area contributed by atoms with Crippen molar-refractivity contribution in [3.05, 3.63) is 23.1 Å². The van der Waals surface area contributed by atoms with Gasteiger partial charge in [-0.05, 0) is 31.4 Å². The van der Waals surface area contributed by atoms with E-state index in [0.29, 0.717) is 5.92 Å². The van der Waals surface area contributed by atoms with E-state index in [1.54, 1.807) is 0 Å². The number of nitrogens with zero attached hydrogens (tertiary/aromatic N) is 1. The Morgan fingerprint density at radius 2 is 2.06 bits per heavy atom. The fraction of sp³-hybridized carbons (Fsp3) is 0.462. The maximum atomic E-state index is 5.92. The Morgan fingerprint density at radius 1 is 1.38 bits per heavy atom. The zero-order valence-electron chi connectivity index (χ0n) is 10.3. The van der Waals surface area contributed by atoms with Crippen molar-refractivity contribution in [2.24, 2.45) is 5.92 Å². The molecule has 16 heavy (non-hydrogen) atoms. The van der Waals surface area contributed by atoms with E-state index in [9.17, 15) is 0 Å². The van der Waals surface area contributed by atoms with Crippen LogP contribution in [0.15, 0.2) is 10.5 Å². The summed E-state index contributed by atoms with van der Waals surface area (Å²) in [5.74, 6) is 1.35. The molecule has 1 aromatic heterocycles. The molecular weight excluding hydrogens is 200 g/mol. The third-order valence-corrected chi connectivity index (χ3v) is 2.77. The van der Waals surface area contributed by atoms with Crippen LogP contribution in [0.2, 0.25) is 0 Å². The molecule has 1 aromatic carbocycles. The number of aryl methyl sites for hydroxylation is 2. The summed E-state index contributed by atoms with van der Waals surface area (Å²) in [7, 11) is 0. The summed E-state index contributed by atoms with van der Waals surface area (Å²) in [4.78, 5) is 4.53. The number of oxazole rings is 1. The smallest absolute Gasteiger partial charge is 0.195 e. The number of benzene rings is 1. The molecule has 0 bridgehead atoms. The summed E-state index contributed by atoms with van der Waals surface area (Å²) in [5, 5.41) is 0. The second kappa shape index (κ2) is 3.81. The normalized spacial score (nSPS) is 11.6. The number of fused-ring (bicyclic) bond motifs is 1. The molecule has 0 aliphatic heterocycles. The Hall–Kier alpha value is -1.51. The number of hydrogen-bond donors (Lipinski definition) is 1. The molecule has 0 aliphatic carbocycles. The van der Waals surface area contributed by atoms with Gasteiger partial charge in [-0.1, -0.05) is 13.8 Å². The maximum absolute atomic E-state index is 5.92. The minimum absolute atomic E-state index is 0.547. The molecule has 2 aromatic rings. The van der Waals surface area contributed by atoms with Crippen molar-refractivity contribution in [1.29, 1.82) is 0 Å². The van der Waals surface area contributed by atoms with E-state index in [1.165, 1.54) is 0 Å². The third-order valence-electron chi connectivity index (χ3n) is 2.77. The van der Waals surface area contributed by atoms with Crippen LogP contribution >= 0.6 is 0 Å². The van der Waals surface area contributed by atoms with Crippen LogP contribution in [0.5, 0.6) is 0 Å². The molecule has 0 spiro atoms. The highest BCUT2D eigenvalue weighted by Gasteiger charge is 2.13. The number of nitrogens with two attached hydrogens (primary N) is 1. The minimum atomic E-state index is 0.547. The Kier molecular flexibility index (Phi) is 2.62. The summed E-state index contributed by atoms with van der Waals surface area (Å²) < 4.78 is 5.78. The van der Waals surface area contributed by atoms with Gasteiger partial charge in [-0.15, -0.1) is 0 Å².